The van der Waals surface area contributed by atoms with Gasteiger partial charge in [0.15, 0.2) is 0 Å². The Morgan fingerprint density at radius 3 is 2.94 bits per heavy atom. The lowest BCUT2D eigenvalue weighted by Gasteiger charge is -2.09. The van der Waals surface area contributed by atoms with Gasteiger partial charge in [-0.1, -0.05) is 19.1 Å². The molecular formula is C13H16ClN3. The van der Waals surface area contributed by atoms with Crippen LogP contribution in [0, 0.1) is 0 Å². The first kappa shape index (κ1) is 12.1. The van der Waals surface area contributed by atoms with Gasteiger partial charge in [0.25, 0.3) is 0 Å². The summed E-state index contributed by atoms with van der Waals surface area (Å²) in [6, 6.07) is 7.98. The van der Waals surface area contributed by atoms with Gasteiger partial charge in [-0.25, -0.2) is 9.97 Å². The Morgan fingerprint density at radius 1 is 1.29 bits per heavy atom. The zero-order valence-corrected chi connectivity index (χ0v) is 10.6. The normalized spacial score (nSPS) is 12.6. The molecule has 0 amide bonds. The van der Waals surface area contributed by atoms with E-state index < -0.39 is 0 Å². The van der Waals surface area contributed by atoms with Gasteiger partial charge in [-0.15, -0.1) is 11.6 Å². The third-order valence-corrected chi connectivity index (χ3v) is 3.26. The van der Waals surface area contributed by atoms with Crippen molar-refractivity contribution in [3.05, 3.63) is 30.6 Å². The van der Waals surface area contributed by atoms with Crippen LogP contribution >= 0.6 is 11.6 Å². The van der Waals surface area contributed by atoms with E-state index >= 15 is 0 Å². The van der Waals surface area contributed by atoms with Gasteiger partial charge in [0, 0.05) is 17.3 Å². The van der Waals surface area contributed by atoms with Crippen LogP contribution in [-0.4, -0.2) is 21.9 Å². The van der Waals surface area contributed by atoms with Gasteiger partial charge in [0.1, 0.15) is 12.1 Å². The lowest BCUT2D eigenvalue weighted by Crippen LogP contribution is -2.09. The van der Waals surface area contributed by atoms with E-state index in [2.05, 4.69) is 22.2 Å². The highest BCUT2D eigenvalue weighted by Crippen LogP contribution is 2.18. The Labute approximate surface area is 106 Å². The Kier molecular flexibility index (Phi) is 4.15. The molecule has 0 aliphatic carbocycles. The summed E-state index contributed by atoms with van der Waals surface area (Å²) in [5.74, 6) is 0.885. The average molecular weight is 250 g/mol. The average Bonchev–Trinajstić information content (AvgIpc) is 2.39. The summed E-state index contributed by atoms with van der Waals surface area (Å²) >= 11 is 6.08. The highest BCUT2D eigenvalue weighted by Gasteiger charge is 2.04. The van der Waals surface area contributed by atoms with E-state index in [0.717, 1.165) is 36.1 Å². The predicted molar refractivity (Wildman–Crippen MR) is 72.6 cm³/mol. The number of hydrogen-bond acceptors (Lipinski definition) is 3. The maximum Gasteiger partial charge on any atom is 0.137 e. The van der Waals surface area contributed by atoms with Gasteiger partial charge in [0.05, 0.1) is 5.52 Å². The molecule has 4 heteroatoms. The first-order chi connectivity index (χ1) is 8.31. The molecule has 0 saturated carbocycles. The van der Waals surface area contributed by atoms with Crippen LogP contribution in [0.15, 0.2) is 30.6 Å². The van der Waals surface area contributed by atoms with Crippen molar-refractivity contribution in [2.24, 2.45) is 0 Å². The molecule has 3 nitrogen and oxygen atoms in total. The number of halogens is 1. The molecule has 1 unspecified atom stereocenters. The molecular weight excluding hydrogens is 234 g/mol. The Morgan fingerprint density at radius 2 is 2.12 bits per heavy atom. The summed E-state index contributed by atoms with van der Waals surface area (Å²) in [5, 5.41) is 4.60. The van der Waals surface area contributed by atoms with Gasteiger partial charge >= 0.3 is 0 Å². The third-order valence-electron chi connectivity index (χ3n) is 2.74. The zero-order valence-electron chi connectivity index (χ0n) is 9.86. The molecule has 0 spiro atoms. The molecule has 2 aromatic rings. The van der Waals surface area contributed by atoms with E-state index in [4.69, 9.17) is 11.6 Å². The van der Waals surface area contributed by atoms with Crippen molar-refractivity contribution in [3.63, 3.8) is 0 Å². The van der Waals surface area contributed by atoms with E-state index in [-0.39, 0.29) is 5.38 Å². The van der Waals surface area contributed by atoms with Gasteiger partial charge < -0.3 is 5.32 Å². The predicted octanol–water partition coefficient (Wildman–Crippen LogP) is 3.45. The SMILES string of the molecule is CCC(Cl)CCNc1ncnc2ccccc12. The molecule has 1 heterocycles. The summed E-state index contributed by atoms with van der Waals surface area (Å²) < 4.78 is 0. The van der Waals surface area contributed by atoms with Gasteiger partial charge in [-0.3, -0.25) is 0 Å². The second-order valence-corrected chi connectivity index (χ2v) is 4.58. The molecule has 0 fully saturated rings. The quantitative estimate of drug-likeness (QED) is 0.825. The highest BCUT2D eigenvalue weighted by atomic mass is 35.5. The number of benzene rings is 1. The van der Waals surface area contributed by atoms with Gasteiger partial charge in [-0.2, -0.15) is 0 Å². The van der Waals surface area contributed by atoms with Crippen LogP contribution in [0.5, 0.6) is 0 Å². The Hall–Kier alpha value is -1.35. The lowest BCUT2D eigenvalue weighted by molar-refractivity contribution is 0.752. The molecule has 0 radical (unpaired) electrons. The molecule has 0 aliphatic heterocycles. The summed E-state index contributed by atoms with van der Waals surface area (Å²) in [5.41, 5.74) is 0.961. The maximum atomic E-state index is 6.08. The number of alkyl halides is 1. The molecule has 1 aromatic heterocycles. The summed E-state index contributed by atoms with van der Waals surface area (Å²) in [7, 11) is 0. The van der Waals surface area contributed by atoms with Crippen molar-refractivity contribution < 1.29 is 0 Å². The molecule has 1 atom stereocenters. The standard InChI is InChI=1S/C13H16ClN3/c1-2-10(14)7-8-15-13-11-5-3-4-6-12(11)16-9-17-13/h3-6,9-10H,2,7-8H2,1H3,(H,15,16,17). The minimum absolute atomic E-state index is 0.232. The van der Waals surface area contributed by atoms with E-state index in [0.29, 0.717) is 0 Å². The molecule has 90 valence electrons. The topological polar surface area (TPSA) is 37.8 Å². The van der Waals surface area contributed by atoms with Crippen LogP contribution in [0.1, 0.15) is 19.8 Å². The van der Waals surface area contributed by atoms with Crippen molar-refractivity contribution in [1.82, 2.24) is 9.97 Å². The van der Waals surface area contributed by atoms with Crippen molar-refractivity contribution in [1.29, 1.82) is 0 Å². The lowest BCUT2D eigenvalue weighted by atomic mass is 10.2. The van der Waals surface area contributed by atoms with Crippen molar-refractivity contribution in [2.75, 3.05) is 11.9 Å². The van der Waals surface area contributed by atoms with Crippen molar-refractivity contribution in [2.45, 2.75) is 25.1 Å². The summed E-state index contributed by atoms with van der Waals surface area (Å²) in [6.07, 6.45) is 3.52. The fourth-order valence-electron chi connectivity index (χ4n) is 1.70. The molecule has 17 heavy (non-hydrogen) atoms. The maximum absolute atomic E-state index is 6.08. The summed E-state index contributed by atoms with van der Waals surface area (Å²) in [6.45, 7) is 2.93. The van der Waals surface area contributed by atoms with Crippen LogP contribution in [0.2, 0.25) is 0 Å². The van der Waals surface area contributed by atoms with Crippen LogP contribution in [-0.2, 0) is 0 Å². The fraction of sp³-hybridized carbons (Fsp3) is 0.385. The number of fused-ring (bicyclic) bond motifs is 1. The molecule has 2 rings (SSSR count). The van der Waals surface area contributed by atoms with Crippen molar-refractivity contribution >= 4 is 28.3 Å². The van der Waals surface area contributed by atoms with Crippen LogP contribution in [0.3, 0.4) is 0 Å². The minimum atomic E-state index is 0.232. The van der Waals surface area contributed by atoms with E-state index in [1.807, 2.05) is 24.3 Å². The summed E-state index contributed by atoms with van der Waals surface area (Å²) in [4.78, 5) is 8.49. The number of aromatic nitrogens is 2. The second-order valence-electron chi connectivity index (χ2n) is 3.96. The van der Waals surface area contributed by atoms with E-state index in [1.54, 1.807) is 6.33 Å². The van der Waals surface area contributed by atoms with Crippen LogP contribution in [0.25, 0.3) is 10.9 Å². The second kappa shape index (κ2) is 5.82. The highest BCUT2D eigenvalue weighted by molar-refractivity contribution is 6.20. The van der Waals surface area contributed by atoms with Gasteiger partial charge in [0.2, 0.25) is 0 Å². The number of nitrogens with zero attached hydrogens (tertiary/aromatic N) is 2. The number of rotatable bonds is 5. The number of anilines is 1. The zero-order chi connectivity index (χ0) is 12.1. The molecule has 0 aliphatic rings. The first-order valence-corrected chi connectivity index (χ1v) is 6.32. The largest absolute Gasteiger partial charge is 0.369 e. The fourth-order valence-corrected chi connectivity index (χ4v) is 1.81. The van der Waals surface area contributed by atoms with E-state index in [1.165, 1.54) is 0 Å². The van der Waals surface area contributed by atoms with Crippen LogP contribution in [0.4, 0.5) is 5.82 Å². The van der Waals surface area contributed by atoms with Gasteiger partial charge in [-0.05, 0) is 25.0 Å². The minimum Gasteiger partial charge on any atom is -0.369 e. The monoisotopic (exact) mass is 249 g/mol. The first-order valence-electron chi connectivity index (χ1n) is 5.89. The molecule has 1 N–H and O–H groups in total. The number of nitrogens with one attached hydrogen (secondary N) is 1. The van der Waals surface area contributed by atoms with Crippen LogP contribution < -0.4 is 5.32 Å². The van der Waals surface area contributed by atoms with Crippen molar-refractivity contribution in [3.8, 4) is 0 Å². The number of hydrogen-bond donors (Lipinski definition) is 1. The smallest absolute Gasteiger partial charge is 0.137 e. The Balaban J connectivity index is 2.08. The number of para-hydroxylation sites is 1. The van der Waals surface area contributed by atoms with E-state index in [9.17, 15) is 0 Å². The molecule has 1 aromatic carbocycles. The third kappa shape index (κ3) is 3.07. The molecule has 0 bridgehead atoms. The molecule has 0 saturated heterocycles. The Bertz CT molecular complexity index is 482.